The number of nitriles is 1. The highest BCUT2D eigenvalue weighted by molar-refractivity contribution is 5.79. The molecule has 0 unspecified atom stereocenters. The molecule has 0 spiro atoms. The van der Waals surface area contributed by atoms with Gasteiger partial charge in [-0.3, -0.25) is 9.69 Å². The summed E-state index contributed by atoms with van der Waals surface area (Å²) in [6.07, 6.45) is 6.20. The molecule has 2 aliphatic rings. The SMILES string of the molecule is CNC(=O)C1CN(Cc2ccc(OC)cc2)C1.N#CC1CCCCC1.[HH]. The van der Waals surface area contributed by atoms with Crippen LogP contribution in [0.25, 0.3) is 0 Å². The van der Waals surface area contributed by atoms with Gasteiger partial charge in [0, 0.05) is 34.0 Å². The van der Waals surface area contributed by atoms with Crippen molar-refractivity contribution in [1.29, 1.82) is 5.26 Å². The van der Waals surface area contributed by atoms with Crippen molar-refractivity contribution < 1.29 is 11.0 Å². The van der Waals surface area contributed by atoms with Gasteiger partial charge in [0.1, 0.15) is 5.75 Å². The van der Waals surface area contributed by atoms with Gasteiger partial charge in [0.25, 0.3) is 0 Å². The first-order valence-corrected chi connectivity index (χ1v) is 9.12. The number of amides is 1. The van der Waals surface area contributed by atoms with Crippen molar-refractivity contribution in [2.75, 3.05) is 27.2 Å². The Morgan fingerprint density at radius 2 is 1.92 bits per heavy atom. The Labute approximate surface area is 152 Å². The molecule has 1 aliphatic heterocycles. The third-order valence-corrected chi connectivity index (χ3v) is 4.93. The molecule has 3 rings (SSSR count). The zero-order valence-electron chi connectivity index (χ0n) is 15.3. The van der Waals surface area contributed by atoms with Gasteiger partial charge in [0.05, 0.1) is 19.1 Å². The lowest BCUT2D eigenvalue weighted by Gasteiger charge is -2.38. The Morgan fingerprint density at radius 3 is 2.40 bits per heavy atom. The van der Waals surface area contributed by atoms with Crippen LogP contribution < -0.4 is 10.1 Å². The van der Waals surface area contributed by atoms with Crippen LogP contribution in [-0.2, 0) is 11.3 Å². The van der Waals surface area contributed by atoms with Crippen molar-refractivity contribution in [1.82, 2.24) is 10.2 Å². The Morgan fingerprint density at radius 1 is 1.28 bits per heavy atom. The summed E-state index contributed by atoms with van der Waals surface area (Å²) in [5.74, 6) is 1.58. The number of methoxy groups -OCH3 is 1. The van der Waals surface area contributed by atoms with Gasteiger partial charge < -0.3 is 10.1 Å². The third kappa shape index (κ3) is 6.06. The number of nitrogens with one attached hydrogen (secondary N) is 1. The molecule has 1 aromatic rings. The largest absolute Gasteiger partial charge is 0.497 e. The van der Waals surface area contributed by atoms with Crippen LogP contribution in [-0.4, -0.2) is 38.1 Å². The second-order valence-electron chi connectivity index (χ2n) is 6.82. The average Bonchev–Trinajstić information content (AvgIpc) is 2.65. The van der Waals surface area contributed by atoms with E-state index in [2.05, 4.69) is 28.4 Å². The summed E-state index contributed by atoms with van der Waals surface area (Å²) in [6.45, 7) is 2.61. The minimum Gasteiger partial charge on any atom is -0.497 e. The molecule has 1 aliphatic carbocycles. The standard InChI is InChI=1S/C13H18N2O2.C7H11N.H2/c1-14-13(16)11-8-15(9-11)7-10-3-5-12(17-2)6-4-10;8-6-7-4-2-1-3-5-7;/h3-6,11H,7-9H2,1-2H3,(H,14,16);7H,1-5H2;1H. The van der Waals surface area contributed by atoms with E-state index in [9.17, 15) is 4.79 Å². The smallest absolute Gasteiger partial charge is 0.225 e. The maximum Gasteiger partial charge on any atom is 0.225 e. The fourth-order valence-electron chi connectivity index (χ4n) is 3.29. The topological polar surface area (TPSA) is 65.4 Å². The normalized spacial score (nSPS) is 18.3. The van der Waals surface area contributed by atoms with Gasteiger partial charge in [-0.15, -0.1) is 0 Å². The summed E-state index contributed by atoms with van der Waals surface area (Å²) < 4.78 is 5.11. The average molecular weight is 345 g/mol. The van der Waals surface area contributed by atoms with E-state index in [1.807, 2.05) is 12.1 Å². The van der Waals surface area contributed by atoms with Gasteiger partial charge in [0.15, 0.2) is 0 Å². The van der Waals surface area contributed by atoms with E-state index in [0.717, 1.165) is 38.2 Å². The highest BCUT2D eigenvalue weighted by Crippen LogP contribution is 2.22. The molecule has 0 aromatic heterocycles. The van der Waals surface area contributed by atoms with E-state index < -0.39 is 0 Å². The molecule has 1 N–H and O–H groups in total. The van der Waals surface area contributed by atoms with Crippen LogP contribution in [0.3, 0.4) is 0 Å². The molecule has 1 heterocycles. The molecule has 0 bridgehead atoms. The van der Waals surface area contributed by atoms with Crippen LogP contribution >= 0.6 is 0 Å². The number of carbonyl (C=O) groups is 1. The fraction of sp³-hybridized carbons (Fsp3) is 0.600. The number of carbonyl (C=O) groups excluding carboxylic acids is 1. The van der Waals surface area contributed by atoms with Crippen molar-refractivity contribution in [3.63, 3.8) is 0 Å². The summed E-state index contributed by atoms with van der Waals surface area (Å²) in [5.41, 5.74) is 1.25. The minimum absolute atomic E-state index is 0. The van der Waals surface area contributed by atoms with Crippen LogP contribution in [0.4, 0.5) is 0 Å². The Hall–Kier alpha value is -2.06. The molecular formula is C20H31N3O2. The van der Waals surface area contributed by atoms with Crippen molar-refractivity contribution in [2.24, 2.45) is 11.8 Å². The molecule has 2 fully saturated rings. The van der Waals surface area contributed by atoms with Gasteiger partial charge in [-0.2, -0.15) is 5.26 Å². The molecule has 0 atom stereocenters. The highest BCUT2D eigenvalue weighted by atomic mass is 16.5. The molecule has 0 radical (unpaired) electrons. The van der Waals surface area contributed by atoms with Crippen LogP contribution in [0.1, 0.15) is 39.1 Å². The second-order valence-corrected chi connectivity index (χ2v) is 6.82. The van der Waals surface area contributed by atoms with Crippen LogP contribution in [0.5, 0.6) is 5.75 Å². The van der Waals surface area contributed by atoms with Crippen LogP contribution in [0.15, 0.2) is 24.3 Å². The molecule has 1 saturated carbocycles. The first-order valence-electron chi connectivity index (χ1n) is 9.12. The van der Waals surface area contributed by atoms with Gasteiger partial charge in [-0.1, -0.05) is 31.4 Å². The first-order chi connectivity index (χ1) is 12.2. The van der Waals surface area contributed by atoms with Gasteiger partial charge in [0.2, 0.25) is 5.91 Å². The molecule has 5 nitrogen and oxygen atoms in total. The zero-order valence-corrected chi connectivity index (χ0v) is 15.3. The number of nitrogens with zero attached hydrogens (tertiary/aromatic N) is 2. The molecular weight excluding hydrogens is 314 g/mol. The minimum atomic E-state index is 0. The molecule has 1 amide bonds. The summed E-state index contributed by atoms with van der Waals surface area (Å²) in [6, 6.07) is 10.4. The lowest BCUT2D eigenvalue weighted by molar-refractivity contribution is -0.129. The predicted molar refractivity (Wildman–Crippen MR) is 100 cm³/mol. The fourth-order valence-corrected chi connectivity index (χ4v) is 3.29. The molecule has 1 aromatic carbocycles. The van der Waals surface area contributed by atoms with Crippen LogP contribution in [0.2, 0.25) is 0 Å². The van der Waals surface area contributed by atoms with Crippen molar-refractivity contribution in [2.45, 2.75) is 38.6 Å². The van der Waals surface area contributed by atoms with Crippen molar-refractivity contribution in [3.05, 3.63) is 29.8 Å². The van der Waals surface area contributed by atoms with E-state index in [1.165, 1.54) is 24.8 Å². The lowest BCUT2D eigenvalue weighted by Crippen LogP contribution is -2.52. The number of rotatable bonds is 4. The summed E-state index contributed by atoms with van der Waals surface area (Å²) in [4.78, 5) is 13.6. The first kappa shape index (κ1) is 19.3. The van der Waals surface area contributed by atoms with Crippen molar-refractivity contribution in [3.8, 4) is 11.8 Å². The van der Waals surface area contributed by atoms with Gasteiger partial charge >= 0.3 is 0 Å². The third-order valence-electron chi connectivity index (χ3n) is 4.93. The predicted octanol–water partition coefficient (Wildman–Crippen LogP) is 3.21. The van der Waals surface area contributed by atoms with Gasteiger partial charge in [-0.25, -0.2) is 0 Å². The number of hydrogen-bond acceptors (Lipinski definition) is 4. The van der Waals surface area contributed by atoms with E-state index in [1.54, 1.807) is 14.2 Å². The Balaban J connectivity index is 0.000000318. The van der Waals surface area contributed by atoms with Crippen molar-refractivity contribution >= 4 is 5.91 Å². The Bertz CT molecular complexity index is 574. The quantitative estimate of drug-likeness (QED) is 0.910. The molecule has 5 heteroatoms. The lowest BCUT2D eigenvalue weighted by atomic mass is 9.91. The van der Waals surface area contributed by atoms with Crippen LogP contribution in [0, 0.1) is 23.2 Å². The summed E-state index contributed by atoms with van der Waals surface area (Å²) in [5, 5.41) is 11.1. The highest BCUT2D eigenvalue weighted by Gasteiger charge is 2.31. The zero-order chi connectivity index (χ0) is 18.1. The summed E-state index contributed by atoms with van der Waals surface area (Å²) >= 11 is 0. The molecule has 138 valence electrons. The number of hydrogen-bond donors (Lipinski definition) is 1. The van der Waals surface area contributed by atoms with E-state index >= 15 is 0 Å². The van der Waals surface area contributed by atoms with E-state index in [0.29, 0.717) is 5.92 Å². The van der Waals surface area contributed by atoms with Gasteiger partial charge in [-0.05, 0) is 30.5 Å². The maximum atomic E-state index is 11.3. The summed E-state index contributed by atoms with van der Waals surface area (Å²) in [7, 11) is 3.35. The number of ether oxygens (including phenoxy) is 1. The van der Waals surface area contributed by atoms with E-state index in [4.69, 9.17) is 10.00 Å². The monoisotopic (exact) mass is 345 g/mol. The maximum absolute atomic E-state index is 11.3. The number of likely N-dealkylation sites (tertiary alicyclic amines) is 1. The number of benzene rings is 1. The Kier molecular flexibility index (Phi) is 7.75. The molecule has 25 heavy (non-hydrogen) atoms. The second kappa shape index (κ2) is 10.0. The van der Waals surface area contributed by atoms with E-state index in [-0.39, 0.29) is 13.3 Å². The molecule has 1 saturated heterocycles.